The van der Waals surface area contributed by atoms with Crippen LogP contribution in [0, 0.1) is 0 Å². The molecule has 0 saturated carbocycles. The number of amides is 1. The Hall–Kier alpha value is -4.67. The third-order valence-corrected chi connectivity index (χ3v) is 4.88. The van der Waals surface area contributed by atoms with Crippen LogP contribution in [0.2, 0.25) is 0 Å². The number of benzene rings is 1. The summed E-state index contributed by atoms with van der Waals surface area (Å²) in [6.07, 6.45) is 1.62. The fraction of sp³-hybridized carbons (Fsp3) is 0.0952. The summed E-state index contributed by atoms with van der Waals surface area (Å²) in [6.45, 7) is 2.77. The van der Waals surface area contributed by atoms with Crippen molar-refractivity contribution in [2.45, 2.75) is 13.8 Å². The molecule has 0 unspecified atom stereocenters. The highest BCUT2D eigenvalue weighted by Crippen LogP contribution is 2.30. The van der Waals surface area contributed by atoms with E-state index >= 15 is 0 Å². The topological polar surface area (TPSA) is 140 Å². The third kappa shape index (κ3) is 3.12. The van der Waals surface area contributed by atoms with Crippen LogP contribution in [0.25, 0.3) is 39.2 Å². The fourth-order valence-electron chi connectivity index (χ4n) is 3.52. The monoisotopic (exact) mass is 428 g/mol. The molecule has 0 radical (unpaired) electrons. The quantitative estimate of drug-likeness (QED) is 0.448. The summed E-state index contributed by atoms with van der Waals surface area (Å²) >= 11 is 0. The molecule has 1 amide bonds. The zero-order valence-electron chi connectivity index (χ0n) is 17.0. The van der Waals surface area contributed by atoms with Crippen LogP contribution in [0.3, 0.4) is 0 Å². The number of nitrogens with zero attached hydrogens (tertiary/aromatic N) is 6. The van der Waals surface area contributed by atoms with Gasteiger partial charge in [-0.3, -0.25) is 24.5 Å². The van der Waals surface area contributed by atoms with Crippen LogP contribution in [0.4, 0.5) is 5.82 Å². The molecule has 0 bridgehead atoms. The molecule has 11 heteroatoms. The molecule has 32 heavy (non-hydrogen) atoms. The summed E-state index contributed by atoms with van der Waals surface area (Å²) in [7, 11) is 0. The molecule has 5 aromatic rings. The zero-order valence-corrected chi connectivity index (χ0v) is 17.0. The van der Waals surface area contributed by atoms with Gasteiger partial charge < -0.3 is 5.32 Å². The average Bonchev–Trinajstić information content (AvgIpc) is 3.35. The van der Waals surface area contributed by atoms with E-state index in [4.69, 9.17) is 0 Å². The van der Waals surface area contributed by atoms with Crippen LogP contribution in [-0.4, -0.2) is 46.4 Å². The zero-order chi connectivity index (χ0) is 22.4. The molecule has 0 saturated heterocycles. The van der Waals surface area contributed by atoms with E-state index in [1.54, 1.807) is 42.6 Å². The molecule has 5 rings (SSSR count). The molecule has 11 nitrogen and oxygen atoms in total. The Morgan fingerprint density at radius 2 is 1.91 bits per heavy atom. The second kappa shape index (κ2) is 7.23. The predicted molar refractivity (Wildman–Crippen MR) is 116 cm³/mol. The number of carbonyl (C=O) groups is 2. The Morgan fingerprint density at radius 1 is 1.06 bits per heavy atom. The largest absolute Gasteiger partial charge is 0.311 e. The smallest absolute Gasteiger partial charge is 0.273 e. The molecule has 0 aliphatic heterocycles. The van der Waals surface area contributed by atoms with Gasteiger partial charge in [-0.05, 0) is 24.3 Å². The van der Waals surface area contributed by atoms with Crippen molar-refractivity contribution in [1.29, 1.82) is 0 Å². The molecule has 0 fully saturated rings. The Morgan fingerprint density at radius 3 is 2.62 bits per heavy atom. The Balaban J connectivity index is 1.74. The van der Waals surface area contributed by atoms with Crippen LogP contribution in [0.5, 0.6) is 0 Å². The number of H-pyrrole nitrogens is 1. The minimum atomic E-state index is -0.369. The second-order valence-electron chi connectivity index (χ2n) is 7.12. The van der Waals surface area contributed by atoms with Gasteiger partial charge in [0.15, 0.2) is 5.65 Å². The molecular weight excluding hydrogens is 412 g/mol. The molecular formula is C21H16N8O3. The summed E-state index contributed by atoms with van der Waals surface area (Å²) in [5, 5.41) is 13.5. The maximum atomic E-state index is 12.9. The average molecular weight is 428 g/mol. The normalized spacial score (nSPS) is 11.2. The van der Waals surface area contributed by atoms with E-state index in [0.29, 0.717) is 45.0 Å². The van der Waals surface area contributed by atoms with Crippen molar-refractivity contribution >= 4 is 34.3 Å². The molecule has 0 atom stereocenters. The number of anilines is 1. The van der Waals surface area contributed by atoms with Gasteiger partial charge in [-0.15, -0.1) is 5.10 Å². The molecule has 0 aliphatic carbocycles. The Labute approximate surface area is 179 Å². The van der Waals surface area contributed by atoms with Crippen LogP contribution in [-0.2, 0) is 4.79 Å². The van der Waals surface area contributed by atoms with Crippen molar-refractivity contribution in [3.63, 3.8) is 0 Å². The van der Waals surface area contributed by atoms with E-state index in [1.807, 2.05) is 0 Å². The lowest BCUT2D eigenvalue weighted by Gasteiger charge is -2.04. The first kappa shape index (κ1) is 19.3. The minimum absolute atomic E-state index is 0.254. The van der Waals surface area contributed by atoms with Crippen molar-refractivity contribution < 1.29 is 9.59 Å². The standard InChI is InChI=1S/C21H16N8O3/c1-11(30)23-20-19(14-5-3-4-8-22-14)21-24-15(10-18(32)29(21)26-20)13-6-7-17-16(9-13)25-27-28(17)12(2)31/h3-10,26H,1-2H3,(H,23,30). The van der Waals surface area contributed by atoms with Crippen molar-refractivity contribution in [3.8, 4) is 22.5 Å². The maximum absolute atomic E-state index is 12.9. The van der Waals surface area contributed by atoms with Gasteiger partial charge in [0.2, 0.25) is 11.8 Å². The number of nitrogens with one attached hydrogen (secondary N) is 2. The second-order valence-corrected chi connectivity index (χ2v) is 7.12. The number of pyridine rings is 1. The number of rotatable bonds is 3. The fourth-order valence-corrected chi connectivity index (χ4v) is 3.52. The van der Waals surface area contributed by atoms with E-state index in [-0.39, 0.29) is 17.4 Å². The van der Waals surface area contributed by atoms with Crippen LogP contribution in [0.15, 0.2) is 53.5 Å². The van der Waals surface area contributed by atoms with Crippen molar-refractivity contribution in [2.24, 2.45) is 0 Å². The predicted octanol–water partition coefficient (Wildman–Crippen LogP) is 2.11. The van der Waals surface area contributed by atoms with Gasteiger partial charge in [0.25, 0.3) is 5.56 Å². The molecule has 1 aromatic carbocycles. The third-order valence-electron chi connectivity index (χ3n) is 4.88. The van der Waals surface area contributed by atoms with Crippen molar-refractivity contribution in [1.82, 2.24) is 34.6 Å². The SMILES string of the molecule is CC(=O)Nc1[nH]n2c(=O)cc(-c3ccc4c(c3)nnn4C(C)=O)nc2c1-c1ccccn1. The van der Waals surface area contributed by atoms with Gasteiger partial charge in [-0.2, -0.15) is 9.20 Å². The van der Waals surface area contributed by atoms with E-state index < -0.39 is 0 Å². The van der Waals surface area contributed by atoms with Crippen LogP contribution in [0.1, 0.15) is 18.6 Å². The molecule has 0 aliphatic rings. The molecule has 0 spiro atoms. The van der Waals surface area contributed by atoms with Gasteiger partial charge in [0, 0.05) is 31.7 Å². The van der Waals surface area contributed by atoms with E-state index in [2.05, 4.69) is 30.7 Å². The van der Waals surface area contributed by atoms with Gasteiger partial charge in [0.1, 0.15) is 11.3 Å². The van der Waals surface area contributed by atoms with E-state index in [1.165, 1.54) is 29.1 Å². The first-order valence-corrected chi connectivity index (χ1v) is 9.64. The summed E-state index contributed by atoms with van der Waals surface area (Å²) in [5.74, 6) is -0.241. The van der Waals surface area contributed by atoms with Crippen molar-refractivity contribution in [2.75, 3.05) is 5.32 Å². The summed E-state index contributed by atoms with van der Waals surface area (Å²) in [4.78, 5) is 45.3. The minimum Gasteiger partial charge on any atom is -0.311 e. The molecule has 158 valence electrons. The number of hydrogen-bond acceptors (Lipinski definition) is 7. The number of aromatic amines is 1. The van der Waals surface area contributed by atoms with E-state index in [9.17, 15) is 14.4 Å². The first-order valence-electron chi connectivity index (χ1n) is 9.64. The van der Waals surface area contributed by atoms with Gasteiger partial charge in [0.05, 0.1) is 22.5 Å². The van der Waals surface area contributed by atoms with Gasteiger partial charge in [-0.1, -0.05) is 17.3 Å². The highest BCUT2D eigenvalue weighted by molar-refractivity contribution is 5.96. The summed E-state index contributed by atoms with van der Waals surface area (Å²) < 4.78 is 2.46. The maximum Gasteiger partial charge on any atom is 0.273 e. The number of aromatic nitrogens is 7. The van der Waals surface area contributed by atoms with Crippen molar-refractivity contribution in [3.05, 3.63) is 59.0 Å². The number of fused-ring (bicyclic) bond motifs is 2. The highest BCUT2D eigenvalue weighted by atomic mass is 16.2. The molecule has 4 heterocycles. The lowest BCUT2D eigenvalue weighted by Crippen LogP contribution is -2.15. The Kier molecular flexibility index (Phi) is 4.36. The van der Waals surface area contributed by atoms with Crippen LogP contribution < -0.4 is 10.9 Å². The summed E-state index contributed by atoms with van der Waals surface area (Å²) in [5.41, 5.74) is 3.05. The lowest BCUT2D eigenvalue weighted by molar-refractivity contribution is -0.114. The molecule has 4 aromatic heterocycles. The number of hydrogen-bond donors (Lipinski definition) is 2. The summed E-state index contributed by atoms with van der Waals surface area (Å²) in [6, 6.07) is 11.9. The lowest BCUT2D eigenvalue weighted by atomic mass is 10.1. The Bertz CT molecular complexity index is 1580. The highest BCUT2D eigenvalue weighted by Gasteiger charge is 2.20. The van der Waals surface area contributed by atoms with E-state index in [0.717, 1.165) is 0 Å². The first-order chi connectivity index (χ1) is 15.4. The molecule has 2 N–H and O–H groups in total. The van der Waals surface area contributed by atoms with Gasteiger partial charge in [-0.25, -0.2) is 4.98 Å². The number of carbonyl (C=O) groups excluding carboxylic acids is 2. The van der Waals surface area contributed by atoms with Crippen LogP contribution >= 0.6 is 0 Å². The van der Waals surface area contributed by atoms with Gasteiger partial charge >= 0.3 is 0 Å².